The zero-order valence-electron chi connectivity index (χ0n) is 41.4. The first-order valence-electron chi connectivity index (χ1n) is 26.2. The number of nitrogens with zero attached hydrogens (tertiary/aromatic N) is 2. The maximum absolute atomic E-state index is 2.56. The third kappa shape index (κ3) is 6.15. The Morgan fingerprint density at radius 2 is 0.776 bits per heavy atom. The van der Waals surface area contributed by atoms with Crippen molar-refractivity contribution in [2.75, 3.05) is 9.80 Å². The van der Waals surface area contributed by atoms with E-state index < -0.39 is 5.41 Å². The van der Waals surface area contributed by atoms with Gasteiger partial charge in [-0.1, -0.05) is 206 Å². The number of benzene rings is 12. The summed E-state index contributed by atoms with van der Waals surface area (Å²) in [6.45, 7) is 0. The number of para-hydroxylation sites is 4. The van der Waals surface area contributed by atoms with Crippen LogP contribution in [-0.4, -0.2) is 0 Å². The monoisotopic (exact) mass is 982 g/mol. The second-order valence-corrected chi connectivity index (χ2v) is 21.3. The molecule has 1 aromatic heterocycles. The first-order valence-corrected chi connectivity index (χ1v) is 27.1. The fraction of sp³-hybridized carbons (Fsp3) is 0.0137. The van der Waals surface area contributed by atoms with E-state index in [1.54, 1.807) is 0 Å². The summed E-state index contributed by atoms with van der Waals surface area (Å²) in [4.78, 5) is 4.96. The predicted molar refractivity (Wildman–Crippen MR) is 320 cm³/mol. The largest absolute Gasteiger partial charge is 0.310 e. The number of anilines is 6. The van der Waals surface area contributed by atoms with Gasteiger partial charge in [-0.15, -0.1) is 11.3 Å². The summed E-state index contributed by atoms with van der Waals surface area (Å²) >= 11 is 1.90. The van der Waals surface area contributed by atoms with Gasteiger partial charge in [-0.3, -0.25) is 0 Å². The Labute approximate surface area is 446 Å². The van der Waals surface area contributed by atoms with Gasteiger partial charge in [0.1, 0.15) is 0 Å². The van der Waals surface area contributed by atoms with Gasteiger partial charge < -0.3 is 9.80 Å². The summed E-state index contributed by atoms with van der Waals surface area (Å²) in [7, 11) is 0. The van der Waals surface area contributed by atoms with E-state index in [0.717, 1.165) is 45.3 Å². The van der Waals surface area contributed by atoms with Gasteiger partial charge in [0.2, 0.25) is 0 Å². The van der Waals surface area contributed by atoms with Crippen molar-refractivity contribution in [3.8, 4) is 66.8 Å². The molecule has 1 aliphatic heterocycles. The van der Waals surface area contributed by atoms with Crippen LogP contribution in [0.1, 0.15) is 22.3 Å². The molecule has 2 aliphatic carbocycles. The maximum Gasteiger partial charge on any atom is 0.0726 e. The van der Waals surface area contributed by atoms with Crippen molar-refractivity contribution >= 4 is 65.6 Å². The van der Waals surface area contributed by atoms with Gasteiger partial charge in [0, 0.05) is 53.9 Å². The van der Waals surface area contributed by atoms with E-state index in [0.29, 0.717) is 0 Å². The lowest BCUT2D eigenvalue weighted by molar-refractivity contribution is 0.776. The molecular weight excluding hydrogens is 937 g/mol. The van der Waals surface area contributed by atoms with E-state index in [9.17, 15) is 0 Å². The Kier molecular flexibility index (Phi) is 9.45. The van der Waals surface area contributed by atoms with Gasteiger partial charge in [-0.2, -0.15) is 0 Å². The van der Waals surface area contributed by atoms with Crippen molar-refractivity contribution in [2.45, 2.75) is 5.41 Å². The standard InChI is InChI=1S/C73H46N2S/c1-3-21-47(22-4-1)51-25-11-17-35-68(51)74(49-39-41-54-58-30-12-18-36-69(58)75(48-23-5-2-6-24-48)70-37-19-13-31-59(70)61(54)43-49)50-40-42-57-53-27-8-7-26-52(53)55-28-9-15-33-64(55)73(66(57)44-50)65-34-16-10-29-56(65)62-45-63-60-32-14-20-38-71(60)76-72(63)46-67(62)73/h1-46H. The van der Waals surface area contributed by atoms with Crippen LogP contribution >= 0.6 is 11.3 Å². The SMILES string of the molecule is c1ccc(-c2ccccc2N(c2ccc3c(c2)-c2ccccc2N(c2ccccc2)c2ccccc2-3)c2ccc3c(c2)C2(c4ccccc4-c4ccccc4-3)c3ccccc3-c3cc4c(cc32)sc2ccccc24)cc1. The molecule has 2 heterocycles. The molecule has 0 bridgehead atoms. The highest BCUT2D eigenvalue weighted by Crippen LogP contribution is 2.63. The smallest absolute Gasteiger partial charge is 0.0726 e. The molecule has 0 amide bonds. The van der Waals surface area contributed by atoms with Crippen LogP contribution in [0, 0.1) is 0 Å². The van der Waals surface area contributed by atoms with Crippen molar-refractivity contribution in [2.24, 2.45) is 0 Å². The van der Waals surface area contributed by atoms with E-state index in [-0.39, 0.29) is 0 Å². The average molecular weight is 983 g/mol. The Hall–Kier alpha value is -9.54. The van der Waals surface area contributed by atoms with Crippen molar-refractivity contribution < 1.29 is 0 Å². The molecule has 76 heavy (non-hydrogen) atoms. The fourth-order valence-corrected chi connectivity index (χ4v) is 14.4. The molecule has 12 aromatic carbocycles. The zero-order valence-corrected chi connectivity index (χ0v) is 42.2. The average Bonchev–Trinajstić information content (AvgIpc) is 4.10. The first kappa shape index (κ1) is 42.9. The highest BCUT2D eigenvalue weighted by Gasteiger charge is 2.50. The molecule has 13 aromatic rings. The number of hydrogen-bond acceptors (Lipinski definition) is 3. The molecule has 0 radical (unpaired) electrons. The van der Waals surface area contributed by atoms with Crippen molar-refractivity contribution in [1.29, 1.82) is 0 Å². The fourth-order valence-electron chi connectivity index (χ4n) is 13.3. The molecule has 1 unspecified atom stereocenters. The Morgan fingerprint density at radius 1 is 0.289 bits per heavy atom. The third-order valence-corrected chi connectivity index (χ3v) is 17.6. The lowest BCUT2D eigenvalue weighted by Gasteiger charge is -2.37. The molecule has 0 fully saturated rings. The van der Waals surface area contributed by atoms with Crippen LogP contribution in [0.3, 0.4) is 0 Å². The first-order chi connectivity index (χ1) is 37.7. The van der Waals surface area contributed by atoms with E-state index >= 15 is 0 Å². The number of fused-ring (bicyclic) bond motifs is 20. The number of rotatable bonds is 5. The van der Waals surface area contributed by atoms with E-state index in [1.807, 2.05) is 11.3 Å². The van der Waals surface area contributed by atoms with E-state index in [4.69, 9.17) is 0 Å². The van der Waals surface area contributed by atoms with Crippen molar-refractivity contribution in [1.82, 2.24) is 0 Å². The predicted octanol–water partition coefficient (Wildman–Crippen LogP) is 20.3. The van der Waals surface area contributed by atoms with Crippen molar-refractivity contribution in [3.05, 3.63) is 301 Å². The van der Waals surface area contributed by atoms with Gasteiger partial charge in [-0.25, -0.2) is 0 Å². The Balaban J connectivity index is 1.01. The van der Waals surface area contributed by atoms with Crippen LogP contribution < -0.4 is 9.80 Å². The highest BCUT2D eigenvalue weighted by molar-refractivity contribution is 7.25. The van der Waals surface area contributed by atoms with Crippen LogP contribution in [0.25, 0.3) is 86.9 Å². The molecule has 2 nitrogen and oxygen atoms in total. The lowest BCUT2D eigenvalue weighted by Crippen LogP contribution is -2.29. The summed E-state index contributed by atoms with van der Waals surface area (Å²) in [5.74, 6) is 0. The van der Waals surface area contributed by atoms with Crippen LogP contribution in [0.2, 0.25) is 0 Å². The molecule has 16 rings (SSSR count). The topological polar surface area (TPSA) is 6.48 Å². The van der Waals surface area contributed by atoms with E-state index in [1.165, 1.54) is 98.1 Å². The Morgan fingerprint density at radius 3 is 1.49 bits per heavy atom. The van der Waals surface area contributed by atoms with Crippen LogP contribution in [0.15, 0.2) is 279 Å². The number of thiophene rings is 1. The molecule has 1 spiro atoms. The minimum atomic E-state index is -0.681. The normalized spacial score (nSPS) is 14.3. The minimum absolute atomic E-state index is 0.681. The van der Waals surface area contributed by atoms with Gasteiger partial charge in [0.25, 0.3) is 0 Å². The molecule has 354 valence electrons. The Bertz CT molecular complexity index is 4490. The summed E-state index contributed by atoms with van der Waals surface area (Å²) in [5, 5.41) is 2.63. The van der Waals surface area contributed by atoms with Crippen LogP contribution in [0.5, 0.6) is 0 Å². The molecule has 0 saturated heterocycles. The summed E-state index contributed by atoms with van der Waals surface area (Å²) in [5.41, 5.74) is 25.8. The summed E-state index contributed by atoms with van der Waals surface area (Å²) in [6, 6.07) is 104. The van der Waals surface area contributed by atoms with Gasteiger partial charge in [-0.05, 0) is 145 Å². The van der Waals surface area contributed by atoms with Crippen LogP contribution in [0.4, 0.5) is 34.1 Å². The summed E-state index contributed by atoms with van der Waals surface area (Å²) in [6.07, 6.45) is 0. The van der Waals surface area contributed by atoms with Crippen molar-refractivity contribution in [3.63, 3.8) is 0 Å². The van der Waals surface area contributed by atoms with Gasteiger partial charge in [0.05, 0.1) is 22.5 Å². The molecule has 1 atom stereocenters. The molecule has 3 heteroatoms. The maximum atomic E-state index is 2.56. The lowest BCUT2D eigenvalue weighted by atomic mass is 9.65. The molecule has 0 saturated carbocycles. The van der Waals surface area contributed by atoms with Gasteiger partial charge >= 0.3 is 0 Å². The molecule has 0 N–H and O–H groups in total. The second kappa shape index (κ2) is 16.7. The summed E-state index contributed by atoms with van der Waals surface area (Å²) < 4.78 is 2.62. The molecular formula is C73H46N2S. The second-order valence-electron chi connectivity index (χ2n) is 20.3. The quantitative estimate of drug-likeness (QED) is 0.170. The number of hydrogen-bond donors (Lipinski definition) is 0. The molecule has 3 aliphatic rings. The van der Waals surface area contributed by atoms with Gasteiger partial charge in [0.15, 0.2) is 0 Å². The van der Waals surface area contributed by atoms with E-state index in [2.05, 4.69) is 289 Å². The highest BCUT2D eigenvalue weighted by atomic mass is 32.1. The van der Waals surface area contributed by atoms with Crippen LogP contribution in [-0.2, 0) is 5.41 Å². The minimum Gasteiger partial charge on any atom is -0.310 e. The zero-order chi connectivity index (χ0) is 49.9. The third-order valence-electron chi connectivity index (χ3n) is 16.4.